The highest BCUT2D eigenvalue weighted by molar-refractivity contribution is 6.30. The summed E-state index contributed by atoms with van der Waals surface area (Å²) in [5.41, 5.74) is 1.56. The van der Waals surface area contributed by atoms with Crippen molar-refractivity contribution in [2.75, 3.05) is 11.9 Å². The van der Waals surface area contributed by atoms with Crippen LogP contribution in [0.3, 0.4) is 0 Å². The Morgan fingerprint density at radius 1 is 1.29 bits per heavy atom. The Bertz CT molecular complexity index is 1040. The molecule has 1 unspecified atom stereocenters. The fraction of sp³-hybridized carbons (Fsp3) is 0.200. The van der Waals surface area contributed by atoms with Gasteiger partial charge in [0.05, 0.1) is 17.7 Å². The van der Waals surface area contributed by atoms with E-state index in [1.54, 1.807) is 25.1 Å². The van der Waals surface area contributed by atoms with E-state index in [9.17, 15) is 13.6 Å². The second-order valence-electron chi connectivity index (χ2n) is 6.68. The van der Waals surface area contributed by atoms with E-state index in [0.717, 1.165) is 17.7 Å². The van der Waals surface area contributed by atoms with Crippen molar-refractivity contribution in [1.82, 2.24) is 10.2 Å². The number of anilines is 1. The number of ether oxygens (including phenoxy) is 1. The molecule has 0 radical (unpaired) electrons. The van der Waals surface area contributed by atoms with Crippen molar-refractivity contribution < 1.29 is 18.3 Å². The minimum atomic E-state index is -0.781. The van der Waals surface area contributed by atoms with E-state index in [-0.39, 0.29) is 23.8 Å². The zero-order valence-electron chi connectivity index (χ0n) is 14.9. The van der Waals surface area contributed by atoms with Gasteiger partial charge in [0.25, 0.3) is 0 Å². The number of aryl methyl sites for hydroxylation is 1. The van der Waals surface area contributed by atoms with Crippen molar-refractivity contribution in [3.05, 3.63) is 64.4 Å². The second-order valence-corrected chi connectivity index (χ2v) is 7.11. The molecule has 0 saturated carbocycles. The van der Waals surface area contributed by atoms with Crippen molar-refractivity contribution in [3.63, 3.8) is 0 Å². The van der Waals surface area contributed by atoms with Gasteiger partial charge in [0.1, 0.15) is 24.0 Å². The Morgan fingerprint density at radius 2 is 2.04 bits per heavy atom. The Morgan fingerprint density at radius 3 is 2.71 bits per heavy atom. The number of aromatic nitrogens is 2. The van der Waals surface area contributed by atoms with Crippen molar-refractivity contribution in [2.45, 2.75) is 13.3 Å². The topological polar surface area (TPSA) is 67.0 Å². The molecule has 3 aromatic rings. The summed E-state index contributed by atoms with van der Waals surface area (Å²) in [6.45, 7) is 1.85. The first-order valence-electron chi connectivity index (χ1n) is 8.64. The lowest BCUT2D eigenvalue weighted by Gasteiger charge is -2.24. The van der Waals surface area contributed by atoms with Crippen LogP contribution in [0.1, 0.15) is 11.3 Å². The molecule has 8 heteroatoms. The molecule has 0 spiro atoms. The van der Waals surface area contributed by atoms with Crippen LogP contribution in [-0.2, 0) is 11.2 Å². The van der Waals surface area contributed by atoms with Gasteiger partial charge in [0.2, 0.25) is 5.91 Å². The van der Waals surface area contributed by atoms with E-state index in [0.29, 0.717) is 28.5 Å². The molecule has 1 aliphatic heterocycles. The van der Waals surface area contributed by atoms with Gasteiger partial charge in [-0.2, -0.15) is 5.10 Å². The van der Waals surface area contributed by atoms with Crippen molar-refractivity contribution in [2.24, 2.45) is 5.92 Å². The molecule has 144 valence electrons. The van der Waals surface area contributed by atoms with Gasteiger partial charge in [-0.25, -0.2) is 8.78 Å². The van der Waals surface area contributed by atoms with Gasteiger partial charge < -0.3 is 10.1 Å². The van der Waals surface area contributed by atoms with E-state index in [1.165, 1.54) is 6.20 Å². The number of fused-ring (bicyclic) bond motifs is 1. The van der Waals surface area contributed by atoms with Crippen LogP contribution in [0.2, 0.25) is 5.02 Å². The third kappa shape index (κ3) is 3.45. The van der Waals surface area contributed by atoms with Gasteiger partial charge in [-0.05, 0) is 49.2 Å². The maximum atomic E-state index is 14.5. The number of halogens is 3. The molecule has 0 fully saturated rings. The number of H-pyrrole nitrogens is 1. The Hall–Kier alpha value is -2.93. The summed E-state index contributed by atoms with van der Waals surface area (Å²) >= 11 is 5.99. The molecule has 1 aliphatic rings. The number of rotatable bonds is 3. The number of nitrogens with zero attached hydrogens (tertiary/aromatic N) is 1. The van der Waals surface area contributed by atoms with E-state index < -0.39 is 17.6 Å². The predicted molar refractivity (Wildman–Crippen MR) is 101 cm³/mol. The molecule has 5 nitrogen and oxygen atoms in total. The number of aromatic amines is 1. The number of amides is 1. The lowest BCUT2D eigenvalue weighted by molar-refractivity contribution is -0.121. The number of benzene rings is 2. The van der Waals surface area contributed by atoms with Gasteiger partial charge in [0.15, 0.2) is 0 Å². The van der Waals surface area contributed by atoms with Gasteiger partial charge in [0, 0.05) is 22.0 Å². The summed E-state index contributed by atoms with van der Waals surface area (Å²) in [6.07, 6.45) is 1.79. The summed E-state index contributed by atoms with van der Waals surface area (Å²) in [4.78, 5) is 12.6. The standard InChI is InChI=1S/C20H16ClF2N3O2/c1-10-15(8-24-26-10)19-16(22)6-14(7-17(19)23)25-20(27)12-4-11-5-13(21)2-3-18(11)28-9-12/h2-3,5-8,12H,4,9H2,1H3,(H,24,26)(H,25,27). The summed E-state index contributed by atoms with van der Waals surface area (Å²) in [7, 11) is 0. The first kappa shape index (κ1) is 18.4. The molecule has 4 rings (SSSR count). The SMILES string of the molecule is Cc1[nH]ncc1-c1c(F)cc(NC(=O)C2COc3ccc(Cl)cc3C2)cc1F. The fourth-order valence-corrected chi connectivity index (χ4v) is 3.48. The van der Waals surface area contributed by atoms with Crippen LogP contribution in [0.15, 0.2) is 36.5 Å². The Balaban J connectivity index is 1.53. The van der Waals surface area contributed by atoms with Crippen LogP contribution >= 0.6 is 11.6 Å². The molecule has 2 heterocycles. The molecule has 0 bridgehead atoms. The third-order valence-corrected chi connectivity index (χ3v) is 4.94. The highest BCUT2D eigenvalue weighted by Gasteiger charge is 2.27. The van der Waals surface area contributed by atoms with E-state index >= 15 is 0 Å². The van der Waals surface area contributed by atoms with Crippen molar-refractivity contribution >= 4 is 23.2 Å². The van der Waals surface area contributed by atoms with Crippen molar-refractivity contribution in [3.8, 4) is 16.9 Å². The van der Waals surface area contributed by atoms with Crippen LogP contribution in [0, 0.1) is 24.5 Å². The first-order chi connectivity index (χ1) is 13.4. The van der Waals surface area contributed by atoms with E-state index in [4.69, 9.17) is 16.3 Å². The maximum absolute atomic E-state index is 14.5. The molecule has 2 aromatic carbocycles. The Kier molecular flexibility index (Phi) is 4.77. The van der Waals surface area contributed by atoms with Gasteiger partial charge in [-0.1, -0.05) is 11.6 Å². The third-order valence-electron chi connectivity index (χ3n) is 4.71. The van der Waals surface area contributed by atoms with Crippen LogP contribution in [0.4, 0.5) is 14.5 Å². The van der Waals surface area contributed by atoms with Gasteiger partial charge in [-0.15, -0.1) is 0 Å². The average Bonchev–Trinajstić information content (AvgIpc) is 3.06. The van der Waals surface area contributed by atoms with Crippen LogP contribution < -0.4 is 10.1 Å². The predicted octanol–water partition coefficient (Wildman–Crippen LogP) is 4.51. The van der Waals surface area contributed by atoms with Crippen LogP contribution in [0.5, 0.6) is 5.75 Å². The molecule has 1 aromatic heterocycles. The first-order valence-corrected chi connectivity index (χ1v) is 9.01. The summed E-state index contributed by atoms with van der Waals surface area (Å²) < 4.78 is 34.6. The zero-order chi connectivity index (χ0) is 19.8. The Labute approximate surface area is 164 Å². The van der Waals surface area contributed by atoms with Crippen LogP contribution in [0.25, 0.3) is 11.1 Å². The number of carbonyl (C=O) groups is 1. The quantitative estimate of drug-likeness (QED) is 0.676. The highest BCUT2D eigenvalue weighted by atomic mass is 35.5. The summed E-state index contributed by atoms with van der Waals surface area (Å²) in [5, 5.41) is 9.56. The molecule has 0 saturated heterocycles. The van der Waals surface area contributed by atoms with Crippen LogP contribution in [-0.4, -0.2) is 22.7 Å². The highest BCUT2D eigenvalue weighted by Crippen LogP contribution is 2.32. The minimum absolute atomic E-state index is 0.0433. The number of hydrogen-bond acceptors (Lipinski definition) is 3. The minimum Gasteiger partial charge on any atom is -0.492 e. The second kappa shape index (κ2) is 7.24. The van der Waals surface area contributed by atoms with E-state index in [1.807, 2.05) is 0 Å². The number of nitrogens with one attached hydrogen (secondary N) is 2. The molecule has 1 amide bonds. The molecule has 0 aliphatic carbocycles. The molecule has 2 N–H and O–H groups in total. The van der Waals surface area contributed by atoms with Gasteiger partial charge >= 0.3 is 0 Å². The molecule has 28 heavy (non-hydrogen) atoms. The number of carbonyl (C=O) groups excluding carboxylic acids is 1. The molecule has 1 atom stereocenters. The lowest BCUT2D eigenvalue weighted by atomic mass is 9.96. The molecular weight excluding hydrogens is 388 g/mol. The smallest absolute Gasteiger partial charge is 0.231 e. The zero-order valence-corrected chi connectivity index (χ0v) is 15.6. The summed E-state index contributed by atoms with van der Waals surface area (Å²) in [5.74, 6) is -1.75. The maximum Gasteiger partial charge on any atom is 0.231 e. The molecular formula is C20H16ClF2N3O2. The fourth-order valence-electron chi connectivity index (χ4n) is 3.28. The van der Waals surface area contributed by atoms with E-state index in [2.05, 4.69) is 15.5 Å². The monoisotopic (exact) mass is 403 g/mol. The summed E-state index contributed by atoms with van der Waals surface area (Å²) in [6, 6.07) is 7.41. The number of hydrogen-bond donors (Lipinski definition) is 2. The normalized spacial score (nSPS) is 15.6. The van der Waals surface area contributed by atoms with Gasteiger partial charge in [-0.3, -0.25) is 9.89 Å². The largest absolute Gasteiger partial charge is 0.492 e. The average molecular weight is 404 g/mol. The van der Waals surface area contributed by atoms with Crippen molar-refractivity contribution in [1.29, 1.82) is 0 Å². The lowest BCUT2D eigenvalue weighted by Crippen LogP contribution is -2.32.